The van der Waals surface area contributed by atoms with E-state index < -0.39 is 0 Å². The summed E-state index contributed by atoms with van der Waals surface area (Å²) in [6.45, 7) is 2.27. The highest BCUT2D eigenvalue weighted by Crippen LogP contribution is 2.30. The molecule has 2 aromatic heterocycles. The van der Waals surface area contributed by atoms with Gasteiger partial charge in [0.1, 0.15) is 5.69 Å². The Morgan fingerprint density at radius 3 is 3.08 bits per heavy atom. The number of rotatable bonds is 4. The molecule has 0 aliphatic carbocycles. The fraction of sp³-hybridized carbons (Fsp3) is 0.529. The van der Waals surface area contributed by atoms with E-state index in [1.54, 1.807) is 18.4 Å². The molecule has 0 spiro atoms. The van der Waals surface area contributed by atoms with E-state index in [1.807, 2.05) is 27.3 Å². The van der Waals surface area contributed by atoms with E-state index in [0.29, 0.717) is 31.9 Å². The summed E-state index contributed by atoms with van der Waals surface area (Å²) >= 11 is 1.62. The number of piperidine rings is 1. The van der Waals surface area contributed by atoms with Gasteiger partial charge in [0.2, 0.25) is 5.91 Å². The van der Waals surface area contributed by atoms with Crippen LogP contribution in [-0.2, 0) is 9.53 Å². The summed E-state index contributed by atoms with van der Waals surface area (Å²) in [4.78, 5) is 32.5. The lowest BCUT2D eigenvalue weighted by molar-refractivity contribution is -0.140. The van der Waals surface area contributed by atoms with Crippen molar-refractivity contribution in [3.05, 3.63) is 23.2 Å². The molecule has 5 heterocycles. The Labute approximate surface area is 144 Å². The third kappa shape index (κ3) is 2.61. The summed E-state index contributed by atoms with van der Waals surface area (Å²) in [6.07, 6.45) is 1.83. The third-order valence-corrected chi connectivity index (χ3v) is 5.95. The minimum atomic E-state index is -0.0827. The predicted molar refractivity (Wildman–Crippen MR) is 92.2 cm³/mol. The van der Waals surface area contributed by atoms with Gasteiger partial charge in [-0.3, -0.25) is 9.59 Å². The first kappa shape index (κ1) is 15.7. The smallest absolute Gasteiger partial charge is 0.270 e. The lowest BCUT2D eigenvalue weighted by atomic mass is 9.94. The molecule has 0 radical (unpaired) electrons. The van der Waals surface area contributed by atoms with Gasteiger partial charge in [0.05, 0.1) is 22.7 Å². The van der Waals surface area contributed by atoms with Crippen molar-refractivity contribution in [1.29, 1.82) is 0 Å². The van der Waals surface area contributed by atoms with Crippen LogP contribution >= 0.6 is 11.3 Å². The van der Waals surface area contributed by atoms with Crippen LogP contribution in [0.1, 0.15) is 23.3 Å². The zero-order chi connectivity index (χ0) is 16.7. The molecule has 128 valence electrons. The van der Waals surface area contributed by atoms with E-state index in [9.17, 15) is 9.59 Å². The maximum Gasteiger partial charge on any atom is 0.270 e. The SMILES string of the molecule is COCCN1C(=O)[C@H]2CC[C@@H]1CN(C(=O)c1cc3sccc3[nH]1)C2. The molecule has 7 heteroatoms. The first-order chi connectivity index (χ1) is 11.7. The molecule has 0 aromatic carbocycles. The average Bonchev–Trinajstić information content (AvgIpc) is 3.07. The Morgan fingerprint density at radius 2 is 2.29 bits per heavy atom. The summed E-state index contributed by atoms with van der Waals surface area (Å²) in [5, 5.41) is 2.01. The van der Waals surface area contributed by atoms with Crippen LogP contribution < -0.4 is 0 Å². The number of aromatic nitrogens is 1. The van der Waals surface area contributed by atoms with Gasteiger partial charge >= 0.3 is 0 Å². The fourth-order valence-electron chi connectivity index (χ4n) is 3.82. The second-order valence-electron chi connectivity index (χ2n) is 6.54. The lowest BCUT2D eigenvalue weighted by Crippen LogP contribution is -2.49. The van der Waals surface area contributed by atoms with E-state index in [2.05, 4.69) is 4.98 Å². The molecule has 2 bridgehead atoms. The first-order valence-electron chi connectivity index (χ1n) is 8.32. The Balaban J connectivity index is 1.55. The fourth-order valence-corrected chi connectivity index (χ4v) is 4.61. The normalized spacial score (nSPS) is 24.0. The largest absolute Gasteiger partial charge is 0.383 e. The molecule has 24 heavy (non-hydrogen) atoms. The molecule has 1 N–H and O–H groups in total. The van der Waals surface area contributed by atoms with E-state index >= 15 is 0 Å². The van der Waals surface area contributed by atoms with Gasteiger partial charge in [0, 0.05) is 32.8 Å². The number of thiophene rings is 1. The number of nitrogens with one attached hydrogen (secondary N) is 1. The lowest BCUT2D eigenvalue weighted by Gasteiger charge is -2.35. The van der Waals surface area contributed by atoms with Crippen molar-refractivity contribution in [2.45, 2.75) is 18.9 Å². The molecule has 2 amide bonds. The van der Waals surface area contributed by atoms with Crippen molar-refractivity contribution in [2.24, 2.45) is 5.92 Å². The Morgan fingerprint density at radius 1 is 1.42 bits per heavy atom. The predicted octanol–water partition coefficient (Wildman–Crippen LogP) is 1.94. The number of hydrogen-bond acceptors (Lipinski definition) is 4. The van der Waals surface area contributed by atoms with E-state index in [0.717, 1.165) is 23.1 Å². The van der Waals surface area contributed by atoms with Crippen LogP contribution in [0.15, 0.2) is 17.5 Å². The monoisotopic (exact) mass is 347 g/mol. The minimum absolute atomic E-state index is 0.00306. The van der Waals surface area contributed by atoms with Gasteiger partial charge in [-0.05, 0) is 30.4 Å². The number of fused-ring (bicyclic) bond motifs is 5. The van der Waals surface area contributed by atoms with Gasteiger partial charge in [0.15, 0.2) is 0 Å². The third-order valence-electron chi connectivity index (χ3n) is 5.09. The number of aromatic amines is 1. The van der Waals surface area contributed by atoms with Gasteiger partial charge in [-0.2, -0.15) is 0 Å². The Bertz CT molecular complexity index is 740. The number of nitrogens with zero attached hydrogens (tertiary/aromatic N) is 2. The van der Waals surface area contributed by atoms with Crippen molar-refractivity contribution in [2.75, 3.05) is 33.4 Å². The molecule has 2 atom stereocenters. The summed E-state index contributed by atoms with van der Waals surface area (Å²) in [5.74, 6) is 0.0865. The molecule has 3 fully saturated rings. The molecule has 3 aliphatic rings. The molecule has 6 nitrogen and oxygen atoms in total. The highest BCUT2D eigenvalue weighted by Gasteiger charge is 2.41. The molecule has 5 rings (SSSR count). The highest BCUT2D eigenvalue weighted by molar-refractivity contribution is 7.17. The van der Waals surface area contributed by atoms with Gasteiger partial charge in [-0.1, -0.05) is 0 Å². The zero-order valence-corrected chi connectivity index (χ0v) is 14.5. The van der Waals surface area contributed by atoms with Crippen molar-refractivity contribution >= 4 is 33.4 Å². The van der Waals surface area contributed by atoms with Crippen molar-refractivity contribution in [1.82, 2.24) is 14.8 Å². The highest BCUT2D eigenvalue weighted by atomic mass is 32.1. The Kier molecular flexibility index (Phi) is 4.05. The van der Waals surface area contributed by atoms with Crippen LogP contribution in [-0.4, -0.2) is 66.0 Å². The van der Waals surface area contributed by atoms with E-state index in [4.69, 9.17) is 4.74 Å². The molecule has 2 aromatic rings. The molecular formula is C17H21N3O3S. The number of hydrogen-bond donors (Lipinski definition) is 1. The minimum Gasteiger partial charge on any atom is -0.383 e. The average molecular weight is 347 g/mol. The number of carbonyl (C=O) groups excluding carboxylic acids is 2. The molecule has 0 saturated carbocycles. The second-order valence-corrected chi connectivity index (χ2v) is 7.49. The number of ether oxygens (including phenoxy) is 1. The van der Waals surface area contributed by atoms with Crippen LogP contribution in [0.3, 0.4) is 0 Å². The van der Waals surface area contributed by atoms with Crippen molar-refractivity contribution < 1.29 is 14.3 Å². The van der Waals surface area contributed by atoms with Gasteiger partial charge in [-0.15, -0.1) is 11.3 Å². The van der Waals surface area contributed by atoms with Crippen LogP contribution in [0, 0.1) is 5.92 Å². The van der Waals surface area contributed by atoms with Crippen LogP contribution in [0.25, 0.3) is 10.2 Å². The number of amides is 2. The quantitative estimate of drug-likeness (QED) is 0.919. The second kappa shape index (κ2) is 6.22. The first-order valence-corrected chi connectivity index (χ1v) is 9.20. The zero-order valence-electron chi connectivity index (χ0n) is 13.7. The topological polar surface area (TPSA) is 65.6 Å². The van der Waals surface area contributed by atoms with E-state index in [-0.39, 0.29) is 23.8 Å². The maximum absolute atomic E-state index is 12.9. The van der Waals surface area contributed by atoms with Crippen molar-refractivity contribution in [3.63, 3.8) is 0 Å². The molecule has 0 unspecified atom stereocenters. The number of carbonyl (C=O) groups is 2. The summed E-state index contributed by atoms with van der Waals surface area (Å²) in [7, 11) is 1.65. The van der Waals surface area contributed by atoms with Gasteiger partial charge in [0.25, 0.3) is 5.91 Å². The molecule has 3 saturated heterocycles. The van der Waals surface area contributed by atoms with Crippen LogP contribution in [0.5, 0.6) is 0 Å². The molecule has 3 aliphatic heterocycles. The van der Waals surface area contributed by atoms with E-state index in [1.165, 1.54) is 0 Å². The number of H-pyrrole nitrogens is 1. The Hall–Kier alpha value is -1.86. The summed E-state index contributed by atoms with van der Waals surface area (Å²) in [6, 6.07) is 4.00. The van der Waals surface area contributed by atoms with Crippen LogP contribution in [0.2, 0.25) is 0 Å². The number of methoxy groups -OCH3 is 1. The summed E-state index contributed by atoms with van der Waals surface area (Å²) in [5.41, 5.74) is 1.62. The standard InChI is InChI=1S/C17H21N3O3S/c1-23-6-5-20-12-3-2-11(16(20)21)9-19(10-12)17(22)14-8-15-13(18-14)4-7-24-15/h4,7-8,11-12,18H,2-3,5-6,9-10H2,1H3/t11-,12+/m0/s1. The van der Waals surface area contributed by atoms with Crippen LogP contribution in [0.4, 0.5) is 0 Å². The van der Waals surface area contributed by atoms with Gasteiger partial charge in [-0.25, -0.2) is 0 Å². The van der Waals surface area contributed by atoms with Crippen molar-refractivity contribution in [3.8, 4) is 0 Å². The summed E-state index contributed by atoms with van der Waals surface area (Å²) < 4.78 is 6.22. The van der Waals surface area contributed by atoms with Gasteiger partial charge < -0.3 is 19.5 Å². The maximum atomic E-state index is 12.9. The molecular weight excluding hydrogens is 326 g/mol.